The number of likely N-dealkylation sites (N-methyl/N-ethyl adjacent to an activating group) is 1. The highest BCUT2D eigenvalue weighted by Crippen LogP contribution is 2.13. The zero-order chi connectivity index (χ0) is 15.0. The van der Waals surface area contributed by atoms with Gasteiger partial charge in [0, 0.05) is 13.0 Å². The number of rotatable bonds is 6. The Hall–Kier alpha value is -2.39. The van der Waals surface area contributed by atoms with E-state index in [0.717, 1.165) is 0 Å². The molecule has 1 rings (SSSR count). The predicted molar refractivity (Wildman–Crippen MR) is 73.9 cm³/mol. The van der Waals surface area contributed by atoms with E-state index in [2.05, 4.69) is 10.1 Å². The van der Waals surface area contributed by atoms with Crippen LogP contribution >= 0.6 is 0 Å². The average molecular weight is 275 g/mol. The zero-order valence-corrected chi connectivity index (χ0v) is 11.5. The summed E-state index contributed by atoms with van der Waals surface area (Å²) >= 11 is 0. The van der Waals surface area contributed by atoms with Gasteiger partial charge in [-0.3, -0.25) is 14.5 Å². The van der Waals surface area contributed by atoms with Crippen molar-refractivity contribution in [2.75, 3.05) is 32.6 Å². The molecule has 0 aliphatic heterocycles. The molecule has 0 heterocycles. The van der Waals surface area contributed by atoms with Crippen LogP contribution in [0.4, 0.5) is 5.69 Å². The first-order valence-corrected chi connectivity index (χ1v) is 6.11. The summed E-state index contributed by atoms with van der Waals surface area (Å²) in [5, 5.41) is 11.6. The quantitative estimate of drug-likeness (QED) is 0.783. The molecule has 0 aliphatic carbocycles. The molecule has 0 aromatic heterocycles. The number of nitrogens with one attached hydrogen (secondary N) is 1. The van der Waals surface area contributed by atoms with Crippen molar-refractivity contribution in [1.29, 1.82) is 5.26 Å². The van der Waals surface area contributed by atoms with Crippen molar-refractivity contribution in [3.8, 4) is 6.07 Å². The van der Waals surface area contributed by atoms with E-state index >= 15 is 0 Å². The second kappa shape index (κ2) is 7.92. The summed E-state index contributed by atoms with van der Waals surface area (Å²) in [5.41, 5.74) is 0.916. The van der Waals surface area contributed by atoms with Crippen LogP contribution in [-0.4, -0.2) is 44.0 Å². The minimum atomic E-state index is -0.345. The normalized spacial score (nSPS) is 9.90. The molecule has 0 saturated heterocycles. The molecule has 6 heteroatoms. The largest absolute Gasteiger partial charge is 0.468 e. The summed E-state index contributed by atoms with van der Waals surface area (Å²) < 4.78 is 4.54. The van der Waals surface area contributed by atoms with E-state index in [1.165, 1.54) is 7.11 Å². The van der Waals surface area contributed by atoms with E-state index in [9.17, 15) is 9.59 Å². The summed E-state index contributed by atoms with van der Waals surface area (Å²) in [6, 6.07) is 8.81. The lowest BCUT2D eigenvalue weighted by atomic mass is 10.2. The number of carbonyl (C=O) groups is 2. The highest BCUT2D eigenvalue weighted by atomic mass is 16.5. The van der Waals surface area contributed by atoms with Crippen LogP contribution in [0.15, 0.2) is 24.3 Å². The molecule has 0 fully saturated rings. The highest BCUT2D eigenvalue weighted by Gasteiger charge is 2.10. The van der Waals surface area contributed by atoms with Crippen molar-refractivity contribution < 1.29 is 14.3 Å². The van der Waals surface area contributed by atoms with E-state index in [4.69, 9.17) is 5.26 Å². The van der Waals surface area contributed by atoms with Gasteiger partial charge in [-0.15, -0.1) is 0 Å². The smallest absolute Gasteiger partial charge is 0.319 e. The van der Waals surface area contributed by atoms with Crippen molar-refractivity contribution in [3.63, 3.8) is 0 Å². The fourth-order valence-corrected chi connectivity index (χ4v) is 1.56. The monoisotopic (exact) mass is 275 g/mol. The summed E-state index contributed by atoms with van der Waals surface area (Å²) in [5.74, 6) is -0.549. The van der Waals surface area contributed by atoms with Crippen LogP contribution in [-0.2, 0) is 14.3 Å². The number of benzene rings is 1. The van der Waals surface area contributed by atoms with E-state index in [1.54, 1.807) is 36.2 Å². The molecule has 1 amide bonds. The van der Waals surface area contributed by atoms with Crippen LogP contribution in [0.3, 0.4) is 0 Å². The summed E-state index contributed by atoms with van der Waals surface area (Å²) in [4.78, 5) is 24.5. The number of esters is 1. The molecule has 1 aromatic rings. The van der Waals surface area contributed by atoms with Gasteiger partial charge in [-0.05, 0) is 19.2 Å². The molecular formula is C14H17N3O3. The Balaban J connectivity index is 2.44. The van der Waals surface area contributed by atoms with Crippen molar-refractivity contribution >= 4 is 17.6 Å². The number of nitrogens with zero attached hydrogens (tertiary/aromatic N) is 2. The van der Waals surface area contributed by atoms with Gasteiger partial charge in [0.25, 0.3) is 0 Å². The van der Waals surface area contributed by atoms with Crippen LogP contribution in [0.2, 0.25) is 0 Å². The maximum absolute atomic E-state index is 11.8. The maximum atomic E-state index is 11.8. The molecule has 20 heavy (non-hydrogen) atoms. The molecule has 1 N–H and O–H groups in total. The Morgan fingerprint density at radius 3 is 2.75 bits per heavy atom. The van der Waals surface area contributed by atoms with Gasteiger partial charge in [0.2, 0.25) is 5.91 Å². The number of anilines is 1. The predicted octanol–water partition coefficient (Wildman–Crippen LogP) is 0.992. The van der Waals surface area contributed by atoms with Gasteiger partial charge < -0.3 is 10.1 Å². The van der Waals surface area contributed by atoms with Crippen molar-refractivity contribution in [3.05, 3.63) is 29.8 Å². The van der Waals surface area contributed by atoms with Crippen LogP contribution in [0, 0.1) is 11.3 Å². The van der Waals surface area contributed by atoms with Gasteiger partial charge in [0.15, 0.2) is 0 Å². The third kappa shape index (κ3) is 5.08. The Morgan fingerprint density at radius 1 is 1.40 bits per heavy atom. The first-order valence-electron chi connectivity index (χ1n) is 6.11. The van der Waals surface area contributed by atoms with Gasteiger partial charge in [-0.2, -0.15) is 5.26 Å². The van der Waals surface area contributed by atoms with Gasteiger partial charge >= 0.3 is 5.97 Å². The van der Waals surface area contributed by atoms with E-state index in [1.807, 2.05) is 6.07 Å². The lowest BCUT2D eigenvalue weighted by Gasteiger charge is -2.14. The van der Waals surface area contributed by atoms with E-state index < -0.39 is 0 Å². The zero-order valence-electron chi connectivity index (χ0n) is 11.5. The second-order valence-corrected chi connectivity index (χ2v) is 4.27. The third-order valence-corrected chi connectivity index (χ3v) is 2.67. The van der Waals surface area contributed by atoms with Crippen LogP contribution in [0.5, 0.6) is 0 Å². The second-order valence-electron chi connectivity index (χ2n) is 4.27. The van der Waals surface area contributed by atoms with Crippen molar-refractivity contribution in [2.45, 2.75) is 6.42 Å². The Labute approximate surface area is 117 Å². The molecule has 0 radical (unpaired) electrons. The number of amides is 1. The fourth-order valence-electron chi connectivity index (χ4n) is 1.56. The fraction of sp³-hybridized carbons (Fsp3) is 0.357. The van der Waals surface area contributed by atoms with E-state index in [0.29, 0.717) is 17.8 Å². The third-order valence-electron chi connectivity index (χ3n) is 2.67. The minimum absolute atomic E-state index is 0.137. The molecule has 106 valence electrons. The number of carbonyl (C=O) groups excluding carboxylic acids is 2. The molecule has 0 unspecified atom stereocenters. The first kappa shape index (κ1) is 15.7. The van der Waals surface area contributed by atoms with Gasteiger partial charge in [0.1, 0.15) is 6.07 Å². The number of methoxy groups -OCH3 is 1. The SMILES string of the molecule is COC(=O)CN(C)CCC(=O)Nc1ccccc1C#N. The van der Waals surface area contributed by atoms with Gasteiger partial charge in [-0.25, -0.2) is 0 Å². The molecule has 0 aliphatic rings. The lowest BCUT2D eigenvalue weighted by Crippen LogP contribution is -2.30. The Morgan fingerprint density at radius 2 is 2.10 bits per heavy atom. The number of hydrogen-bond donors (Lipinski definition) is 1. The molecule has 1 aromatic carbocycles. The molecule has 6 nitrogen and oxygen atoms in total. The van der Waals surface area contributed by atoms with E-state index in [-0.39, 0.29) is 24.8 Å². The topological polar surface area (TPSA) is 82.4 Å². The van der Waals surface area contributed by atoms with Crippen LogP contribution in [0.1, 0.15) is 12.0 Å². The molecule has 0 bridgehead atoms. The van der Waals surface area contributed by atoms with Gasteiger partial charge in [-0.1, -0.05) is 12.1 Å². The Bertz CT molecular complexity index is 523. The van der Waals surface area contributed by atoms with Crippen LogP contribution in [0.25, 0.3) is 0 Å². The minimum Gasteiger partial charge on any atom is -0.468 e. The summed E-state index contributed by atoms with van der Waals surface area (Å²) in [7, 11) is 3.05. The molecule has 0 saturated carbocycles. The van der Waals surface area contributed by atoms with Crippen molar-refractivity contribution in [1.82, 2.24) is 4.90 Å². The number of ether oxygens (including phenoxy) is 1. The standard InChI is InChI=1S/C14H17N3O3/c1-17(10-14(19)20-2)8-7-13(18)16-12-6-4-3-5-11(12)9-15/h3-6H,7-8,10H2,1-2H3,(H,16,18). The number of nitriles is 1. The Kier molecular flexibility index (Phi) is 6.20. The van der Waals surface area contributed by atoms with Crippen LogP contribution < -0.4 is 5.32 Å². The summed E-state index contributed by atoms with van der Waals surface area (Å²) in [6.45, 7) is 0.564. The average Bonchev–Trinajstić information content (AvgIpc) is 2.45. The number of hydrogen-bond acceptors (Lipinski definition) is 5. The molecule has 0 atom stereocenters. The highest BCUT2D eigenvalue weighted by molar-refractivity contribution is 5.92. The first-order chi connectivity index (χ1) is 9.56. The summed E-state index contributed by atoms with van der Waals surface area (Å²) in [6.07, 6.45) is 0.229. The van der Waals surface area contributed by atoms with Crippen molar-refractivity contribution in [2.24, 2.45) is 0 Å². The molecule has 0 spiro atoms. The number of para-hydroxylation sites is 1. The lowest BCUT2D eigenvalue weighted by molar-refractivity contribution is -0.141. The maximum Gasteiger partial charge on any atom is 0.319 e. The molecular weight excluding hydrogens is 258 g/mol. The van der Waals surface area contributed by atoms with Gasteiger partial charge in [0.05, 0.1) is 24.9 Å².